The van der Waals surface area contributed by atoms with Gasteiger partial charge in [-0.3, -0.25) is 0 Å². The Morgan fingerprint density at radius 2 is 2.04 bits per heavy atom. The van der Waals surface area contributed by atoms with Gasteiger partial charge in [0, 0.05) is 28.7 Å². The normalized spacial score (nSPS) is 17.3. The van der Waals surface area contributed by atoms with Gasteiger partial charge < -0.3 is 15.0 Å². The quantitative estimate of drug-likeness (QED) is 0.733. The van der Waals surface area contributed by atoms with Crippen molar-refractivity contribution in [3.05, 3.63) is 63.8 Å². The Bertz CT molecular complexity index is 884. The van der Waals surface area contributed by atoms with Crippen LogP contribution in [0, 0.1) is 6.92 Å². The lowest BCUT2D eigenvalue weighted by Crippen LogP contribution is -2.30. The highest BCUT2D eigenvalue weighted by Crippen LogP contribution is 2.40. The van der Waals surface area contributed by atoms with E-state index in [9.17, 15) is 0 Å². The van der Waals surface area contributed by atoms with E-state index in [1.165, 1.54) is 22.2 Å². The first kappa shape index (κ1) is 14.6. The fourth-order valence-corrected chi connectivity index (χ4v) is 3.99. The van der Waals surface area contributed by atoms with Crippen LogP contribution >= 0.6 is 11.6 Å². The number of aromatic amines is 1. The second kappa shape index (κ2) is 5.59. The lowest BCUT2D eigenvalue weighted by atomic mass is 9.93. The maximum atomic E-state index is 6.40. The number of halogens is 1. The zero-order valence-corrected chi connectivity index (χ0v) is 14.0. The predicted molar refractivity (Wildman–Crippen MR) is 94.6 cm³/mol. The topological polar surface area (TPSA) is 37.0 Å². The van der Waals surface area contributed by atoms with E-state index in [4.69, 9.17) is 16.3 Å². The summed E-state index contributed by atoms with van der Waals surface area (Å²) < 4.78 is 5.59. The lowest BCUT2D eigenvalue weighted by Gasteiger charge is -2.27. The Labute approximate surface area is 140 Å². The van der Waals surface area contributed by atoms with Gasteiger partial charge in [-0.2, -0.15) is 0 Å². The molecular weight excluding hydrogens is 308 g/mol. The van der Waals surface area contributed by atoms with Gasteiger partial charge in [0.1, 0.15) is 5.75 Å². The molecule has 0 saturated carbocycles. The maximum absolute atomic E-state index is 6.40. The van der Waals surface area contributed by atoms with Crippen LogP contribution in [0.4, 0.5) is 0 Å². The van der Waals surface area contributed by atoms with E-state index in [1.54, 1.807) is 7.11 Å². The first-order chi connectivity index (χ1) is 11.2. The van der Waals surface area contributed by atoms with Crippen LogP contribution in [0.5, 0.6) is 5.75 Å². The van der Waals surface area contributed by atoms with Crippen LogP contribution in [0.25, 0.3) is 10.9 Å². The van der Waals surface area contributed by atoms with Crippen molar-refractivity contribution in [2.45, 2.75) is 19.4 Å². The van der Waals surface area contributed by atoms with Gasteiger partial charge in [0.25, 0.3) is 0 Å². The third-order valence-corrected chi connectivity index (χ3v) is 4.87. The number of ether oxygens (including phenoxy) is 1. The minimum Gasteiger partial charge on any atom is -0.495 e. The molecule has 0 spiro atoms. The summed E-state index contributed by atoms with van der Waals surface area (Å²) in [5.41, 5.74) is 6.02. The van der Waals surface area contributed by atoms with Crippen molar-refractivity contribution in [3.63, 3.8) is 0 Å². The molecule has 2 heterocycles. The Balaban J connectivity index is 1.93. The standard InChI is InChI=1S/C19H19ClN2O/c1-11-9-14(19(23-2)15(20)10-11)17-18-13(7-8-21-17)12-5-3-4-6-16(12)22-18/h3-6,9-10,17,21-22H,7-8H2,1-2H3. The predicted octanol–water partition coefficient (Wildman–Crippen LogP) is 4.37. The molecule has 3 nitrogen and oxygen atoms in total. The molecule has 0 saturated heterocycles. The Morgan fingerprint density at radius 1 is 1.22 bits per heavy atom. The molecule has 2 N–H and O–H groups in total. The third kappa shape index (κ3) is 2.32. The van der Waals surface area contributed by atoms with Crippen LogP contribution in [0.3, 0.4) is 0 Å². The summed E-state index contributed by atoms with van der Waals surface area (Å²) in [7, 11) is 1.68. The van der Waals surface area contributed by atoms with Gasteiger partial charge in [-0.1, -0.05) is 35.9 Å². The van der Waals surface area contributed by atoms with Crippen LogP contribution in [-0.4, -0.2) is 18.6 Å². The second-order valence-electron chi connectivity index (χ2n) is 6.07. The van der Waals surface area contributed by atoms with E-state index in [-0.39, 0.29) is 6.04 Å². The summed E-state index contributed by atoms with van der Waals surface area (Å²) in [6, 6.07) is 12.6. The average Bonchev–Trinajstić information content (AvgIpc) is 2.93. The molecule has 3 aromatic rings. The van der Waals surface area contributed by atoms with E-state index in [1.807, 2.05) is 6.07 Å². The number of methoxy groups -OCH3 is 1. The van der Waals surface area contributed by atoms with Crippen molar-refractivity contribution in [1.82, 2.24) is 10.3 Å². The molecule has 1 unspecified atom stereocenters. The summed E-state index contributed by atoms with van der Waals surface area (Å²) in [4.78, 5) is 3.59. The number of rotatable bonds is 2. The molecule has 4 heteroatoms. The van der Waals surface area contributed by atoms with E-state index in [2.05, 4.69) is 47.6 Å². The van der Waals surface area contributed by atoms with Crippen molar-refractivity contribution < 1.29 is 4.74 Å². The molecule has 0 radical (unpaired) electrons. The second-order valence-corrected chi connectivity index (χ2v) is 6.48. The SMILES string of the molecule is COc1c(Cl)cc(C)cc1C1NCCc2c1[nH]c1ccccc21. The molecule has 23 heavy (non-hydrogen) atoms. The van der Waals surface area contributed by atoms with E-state index in [0.717, 1.165) is 29.8 Å². The smallest absolute Gasteiger partial charge is 0.142 e. The maximum Gasteiger partial charge on any atom is 0.142 e. The fourth-order valence-electron chi connectivity index (χ4n) is 3.63. The molecule has 1 aliphatic heterocycles. The van der Waals surface area contributed by atoms with Gasteiger partial charge in [0.2, 0.25) is 0 Å². The summed E-state index contributed by atoms with van der Waals surface area (Å²) >= 11 is 6.40. The Kier molecular flexibility index (Phi) is 3.55. The van der Waals surface area contributed by atoms with Crippen molar-refractivity contribution in [2.24, 2.45) is 0 Å². The molecule has 1 aliphatic rings. The van der Waals surface area contributed by atoms with Crippen LogP contribution in [0.15, 0.2) is 36.4 Å². The van der Waals surface area contributed by atoms with Gasteiger partial charge in [-0.25, -0.2) is 0 Å². The molecule has 0 bridgehead atoms. The van der Waals surface area contributed by atoms with Crippen molar-refractivity contribution in [1.29, 1.82) is 0 Å². The minimum absolute atomic E-state index is 0.0681. The number of hydrogen-bond donors (Lipinski definition) is 2. The highest BCUT2D eigenvalue weighted by atomic mass is 35.5. The summed E-state index contributed by atoms with van der Waals surface area (Å²) in [5.74, 6) is 0.751. The number of aromatic nitrogens is 1. The van der Waals surface area contributed by atoms with Gasteiger partial charge in [-0.15, -0.1) is 0 Å². The number of para-hydroxylation sites is 1. The zero-order chi connectivity index (χ0) is 16.0. The molecule has 1 atom stereocenters. The van der Waals surface area contributed by atoms with Crippen molar-refractivity contribution in [3.8, 4) is 5.75 Å². The van der Waals surface area contributed by atoms with Crippen LogP contribution < -0.4 is 10.1 Å². The van der Waals surface area contributed by atoms with E-state index < -0.39 is 0 Å². The molecule has 0 aliphatic carbocycles. The van der Waals surface area contributed by atoms with E-state index in [0.29, 0.717) is 5.02 Å². The third-order valence-electron chi connectivity index (χ3n) is 4.59. The van der Waals surface area contributed by atoms with Crippen molar-refractivity contribution in [2.75, 3.05) is 13.7 Å². The zero-order valence-electron chi connectivity index (χ0n) is 13.2. The number of fused-ring (bicyclic) bond motifs is 3. The Morgan fingerprint density at radius 3 is 2.87 bits per heavy atom. The summed E-state index contributed by atoms with van der Waals surface area (Å²) in [6.45, 7) is 3.00. The largest absolute Gasteiger partial charge is 0.495 e. The number of benzene rings is 2. The minimum atomic E-state index is 0.0681. The molecule has 0 amide bonds. The van der Waals surface area contributed by atoms with E-state index >= 15 is 0 Å². The number of H-pyrrole nitrogens is 1. The van der Waals surface area contributed by atoms with Crippen LogP contribution in [0.2, 0.25) is 5.02 Å². The molecule has 4 rings (SSSR count). The monoisotopic (exact) mass is 326 g/mol. The summed E-state index contributed by atoms with van der Waals surface area (Å²) in [6.07, 6.45) is 1.03. The number of nitrogens with one attached hydrogen (secondary N) is 2. The van der Waals surface area contributed by atoms with Crippen LogP contribution in [-0.2, 0) is 6.42 Å². The highest BCUT2D eigenvalue weighted by Gasteiger charge is 2.28. The summed E-state index contributed by atoms with van der Waals surface area (Å²) in [5, 5.41) is 5.58. The first-order valence-corrected chi connectivity index (χ1v) is 8.23. The molecule has 118 valence electrons. The van der Waals surface area contributed by atoms with Gasteiger partial charge in [0.05, 0.1) is 18.2 Å². The molecule has 0 fully saturated rings. The lowest BCUT2D eigenvalue weighted by molar-refractivity contribution is 0.402. The number of hydrogen-bond acceptors (Lipinski definition) is 2. The molecule has 2 aromatic carbocycles. The highest BCUT2D eigenvalue weighted by molar-refractivity contribution is 6.32. The number of aryl methyl sites for hydroxylation is 1. The molecule has 1 aromatic heterocycles. The van der Waals surface area contributed by atoms with Crippen molar-refractivity contribution >= 4 is 22.5 Å². The molecular formula is C19H19ClN2O. The Hall–Kier alpha value is -1.97. The van der Waals surface area contributed by atoms with Gasteiger partial charge >= 0.3 is 0 Å². The average molecular weight is 327 g/mol. The van der Waals surface area contributed by atoms with Crippen LogP contribution in [0.1, 0.15) is 28.4 Å². The fraction of sp³-hybridized carbons (Fsp3) is 0.263. The van der Waals surface area contributed by atoms with Gasteiger partial charge in [-0.05, 0) is 36.6 Å². The van der Waals surface area contributed by atoms with Gasteiger partial charge in [0.15, 0.2) is 0 Å². The first-order valence-electron chi connectivity index (χ1n) is 7.86.